The van der Waals surface area contributed by atoms with E-state index in [0.717, 1.165) is 28.3 Å². The van der Waals surface area contributed by atoms with Crippen LogP contribution in [0.1, 0.15) is 27.7 Å². The topological polar surface area (TPSA) is 58.6 Å². The number of ether oxygens (including phenoxy) is 1. The largest absolute Gasteiger partial charge is 0.444 e. The molecule has 6 nitrogen and oxygen atoms in total. The Morgan fingerprint density at radius 1 is 0.941 bits per heavy atom. The zero-order valence-corrected chi connectivity index (χ0v) is 21.3. The monoisotopic (exact) mass is 498 g/mol. The van der Waals surface area contributed by atoms with Gasteiger partial charge < -0.3 is 14.5 Å². The third-order valence-electron chi connectivity index (χ3n) is 5.57. The van der Waals surface area contributed by atoms with Gasteiger partial charge in [0.1, 0.15) is 11.4 Å². The van der Waals surface area contributed by atoms with Crippen molar-refractivity contribution in [2.24, 2.45) is 0 Å². The van der Waals surface area contributed by atoms with Gasteiger partial charge in [0.05, 0.1) is 17.6 Å². The number of carbonyl (C=O) groups is 1. The molecule has 1 saturated heterocycles. The first kappa shape index (κ1) is 24.3. The highest BCUT2D eigenvalue weighted by Crippen LogP contribution is 2.32. The summed E-state index contributed by atoms with van der Waals surface area (Å²) >= 11 is 12.2. The standard InChI is InChI=1S/C26H28Cl2N4O2/c1-17-16-31(25(33)34-26(2,3)4)13-14-32(17)22-15-29-23(18-5-9-20(27)10-6-18)24(30-22)19-7-11-21(28)12-8-19/h5-12,15,17H,13-14,16H2,1-4H3. The predicted octanol–water partition coefficient (Wildman–Crippen LogP) is 6.56. The molecule has 4 rings (SSSR count). The molecule has 0 bridgehead atoms. The summed E-state index contributed by atoms with van der Waals surface area (Å²) in [6, 6.07) is 15.2. The summed E-state index contributed by atoms with van der Waals surface area (Å²) in [4.78, 5) is 26.3. The van der Waals surface area contributed by atoms with E-state index in [9.17, 15) is 4.79 Å². The second-order valence-corrected chi connectivity index (χ2v) is 10.3. The van der Waals surface area contributed by atoms with Crippen molar-refractivity contribution in [3.63, 3.8) is 0 Å². The molecular weight excluding hydrogens is 471 g/mol. The van der Waals surface area contributed by atoms with Crippen molar-refractivity contribution in [3.05, 3.63) is 64.8 Å². The first-order valence-corrected chi connectivity index (χ1v) is 12.0. The molecular formula is C26H28Cl2N4O2. The zero-order valence-electron chi connectivity index (χ0n) is 19.8. The zero-order chi connectivity index (χ0) is 24.5. The van der Waals surface area contributed by atoms with Crippen LogP contribution >= 0.6 is 23.2 Å². The lowest BCUT2D eigenvalue weighted by atomic mass is 10.0. The summed E-state index contributed by atoms with van der Waals surface area (Å²) in [6.45, 7) is 9.44. The number of amides is 1. The van der Waals surface area contributed by atoms with Crippen LogP contribution < -0.4 is 4.90 Å². The molecule has 0 saturated carbocycles. The highest BCUT2D eigenvalue weighted by atomic mass is 35.5. The lowest BCUT2D eigenvalue weighted by Gasteiger charge is -2.40. The Hall–Kier alpha value is -2.83. The van der Waals surface area contributed by atoms with Gasteiger partial charge in [-0.3, -0.25) is 4.98 Å². The summed E-state index contributed by atoms with van der Waals surface area (Å²) in [7, 11) is 0. The molecule has 34 heavy (non-hydrogen) atoms. The number of aromatic nitrogens is 2. The van der Waals surface area contributed by atoms with Gasteiger partial charge in [-0.05, 0) is 52.0 Å². The number of piperazine rings is 1. The molecule has 0 aliphatic carbocycles. The van der Waals surface area contributed by atoms with E-state index in [0.29, 0.717) is 29.7 Å². The van der Waals surface area contributed by atoms with Gasteiger partial charge in [-0.2, -0.15) is 0 Å². The Labute approximate surface area is 210 Å². The van der Waals surface area contributed by atoms with Gasteiger partial charge in [-0.1, -0.05) is 47.5 Å². The fraction of sp³-hybridized carbons (Fsp3) is 0.346. The third-order valence-corrected chi connectivity index (χ3v) is 6.07. The van der Waals surface area contributed by atoms with E-state index < -0.39 is 5.60 Å². The summed E-state index contributed by atoms with van der Waals surface area (Å²) in [5, 5.41) is 1.32. The van der Waals surface area contributed by atoms with Crippen molar-refractivity contribution in [2.45, 2.75) is 39.3 Å². The molecule has 1 amide bonds. The highest BCUT2D eigenvalue weighted by Gasteiger charge is 2.31. The quantitative estimate of drug-likeness (QED) is 0.408. The van der Waals surface area contributed by atoms with E-state index in [-0.39, 0.29) is 12.1 Å². The number of benzene rings is 2. The van der Waals surface area contributed by atoms with Crippen molar-refractivity contribution in [3.8, 4) is 22.5 Å². The SMILES string of the molecule is CC1CN(C(=O)OC(C)(C)C)CCN1c1cnc(-c2ccc(Cl)cc2)c(-c2ccc(Cl)cc2)n1. The van der Waals surface area contributed by atoms with Gasteiger partial charge in [-0.25, -0.2) is 9.78 Å². The highest BCUT2D eigenvalue weighted by molar-refractivity contribution is 6.31. The average molecular weight is 499 g/mol. The molecule has 1 unspecified atom stereocenters. The van der Waals surface area contributed by atoms with Crippen LogP contribution in [0.5, 0.6) is 0 Å². The van der Waals surface area contributed by atoms with Crippen LogP contribution in [0.3, 0.4) is 0 Å². The molecule has 1 aliphatic rings. The molecule has 1 atom stereocenters. The molecule has 0 N–H and O–H groups in total. The van der Waals surface area contributed by atoms with E-state index in [2.05, 4.69) is 11.8 Å². The number of carbonyl (C=O) groups excluding carboxylic acids is 1. The first-order valence-electron chi connectivity index (χ1n) is 11.2. The summed E-state index contributed by atoms with van der Waals surface area (Å²) in [5.74, 6) is 0.763. The van der Waals surface area contributed by atoms with E-state index in [1.807, 2.05) is 69.3 Å². The van der Waals surface area contributed by atoms with E-state index in [1.54, 1.807) is 11.1 Å². The fourth-order valence-corrected chi connectivity index (χ4v) is 4.19. The maximum Gasteiger partial charge on any atom is 0.410 e. The lowest BCUT2D eigenvalue weighted by molar-refractivity contribution is 0.0218. The number of halogens is 2. The van der Waals surface area contributed by atoms with E-state index in [1.165, 1.54) is 0 Å². The predicted molar refractivity (Wildman–Crippen MR) is 138 cm³/mol. The van der Waals surface area contributed by atoms with Crippen LogP contribution in [-0.4, -0.2) is 52.2 Å². The second kappa shape index (κ2) is 9.80. The number of rotatable bonds is 3. The second-order valence-electron chi connectivity index (χ2n) is 9.41. The number of hydrogen-bond acceptors (Lipinski definition) is 5. The maximum absolute atomic E-state index is 12.5. The van der Waals surface area contributed by atoms with Gasteiger partial charge in [0, 0.05) is 46.8 Å². The normalized spacial score (nSPS) is 16.5. The lowest BCUT2D eigenvalue weighted by Crippen LogP contribution is -2.54. The molecule has 0 radical (unpaired) electrons. The van der Waals surface area contributed by atoms with Crippen molar-refractivity contribution >= 4 is 35.1 Å². The van der Waals surface area contributed by atoms with Crippen LogP contribution in [0, 0.1) is 0 Å². The minimum atomic E-state index is -0.520. The van der Waals surface area contributed by atoms with Gasteiger partial charge >= 0.3 is 6.09 Å². The fourth-order valence-electron chi connectivity index (χ4n) is 3.94. The Balaban J connectivity index is 1.64. The molecule has 0 spiro atoms. The third kappa shape index (κ3) is 5.62. The average Bonchev–Trinajstić information content (AvgIpc) is 2.79. The molecule has 1 aromatic heterocycles. The number of anilines is 1. The molecule has 178 valence electrons. The number of nitrogens with zero attached hydrogens (tertiary/aromatic N) is 4. The van der Waals surface area contributed by atoms with Crippen molar-refractivity contribution in [1.29, 1.82) is 0 Å². The van der Waals surface area contributed by atoms with Crippen LogP contribution in [0.4, 0.5) is 10.6 Å². The van der Waals surface area contributed by atoms with E-state index in [4.69, 9.17) is 37.9 Å². The summed E-state index contributed by atoms with van der Waals surface area (Å²) in [5.41, 5.74) is 2.86. The van der Waals surface area contributed by atoms with Crippen LogP contribution in [0.2, 0.25) is 10.0 Å². The molecule has 2 heterocycles. The minimum absolute atomic E-state index is 0.0509. The molecule has 2 aromatic carbocycles. The van der Waals surface area contributed by atoms with Gasteiger partial charge in [-0.15, -0.1) is 0 Å². The van der Waals surface area contributed by atoms with Crippen molar-refractivity contribution in [1.82, 2.24) is 14.9 Å². The Morgan fingerprint density at radius 2 is 1.50 bits per heavy atom. The smallest absolute Gasteiger partial charge is 0.410 e. The molecule has 1 aliphatic heterocycles. The molecule has 1 fully saturated rings. The van der Waals surface area contributed by atoms with Gasteiger partial charge in [0.15, 0.2) is 0 Å². The summed E-state index contributed by atoms with van der Waals surface area (Å²) in [6.07, 6.45) is 1.51. The van der Waals surface area contributed by atoms with Gasteiger partial charge in [0.25, 0.3) is 0 Å². The van der Waals surface area contributed by atoms with Crippen molar-refractivity contribution < 1.29 is 9.53 Å². The van der Waals surface area contributed by atoms with Crippen LogP contribution in [-0.2, 0) is 4.74 Å². The summed E-state index contributed by atoms with van der Waals surface area (Å²) < 4.78 is 5.55. The van der Waals surface area contributed by atoms with Gasteiger partial charge in [0.2, 0.25) is 0 Å². The maximum atomic E-state index is 12.5. The van der Waals surface area contributed by atoms with E-state index >= 15 is 0 Å². The van der Waals surface area contributed by atoms with Crippen LogP contribution in [0.15, 0.2) is 54.7 Å². The number of hydrogen-bond donors (Lipinski definition) is 0. The molecule has 8 heteroatoms. The first-order chi connectivity index (χ1) is 16.1. The Morgan fingerprint density at radius 3 is 2.03 bits per heavy atom. The molecule has 3 aromatic rings. The van der Waals surface area contributed by atoms with Crippen molar-refractivity contribution in [2.75, 3.05) is 24.5 Å². The Bertz CT molecular complexity index is 1160. The Kier molecular flexibility index (Phi) is 7.01. The minimum Gasteiger partial charge on any atom is -0.444 e. The van der Waals surface area contributed by atoms with Crippen LogP contribution in [0.25, 0.3) is 22.5 Å².